The number of hydrogen-bond donors (Lipinski definition) is 0. The summed E-state index contributed by atoms with van der Waals surface area (Å²) in [5.41, 5.74) is 2.77. The molecule has 42 heavy (non-hydrogen) atoms. The van der Waals surface area contributed by atoms with Gasteiger partial charge in [-0.25, -0.2) is 9.67 Å². The minimum absolute atomic E-state index is 0.158. The normalized spacial score (nSPS) is 13.8. The average Bonchev–Trinajstić information content (AvgIpc) is 3.46. The van der Waals surface area contributed by atoms with Gasteiger partial charge in [0.05, 0.1) is 25.1 Å². The first-order chi connectivity index (χ1) is 20.6. The van der Waals surface area contributed by atoms with Crippen molar-refractivity contribution in [1.29, 1.82) is 0 Å². The number of amides is 1. The molecule has 8 heteroatoms. The monoisotopic (exact) mass is 579 g/mol. The van der Waals surface area contributed by atoms with Gasteiger partial charge in [0.25, 0.3) is 0 Å². The van der Waals surface area contributed by atoms with Gasteiger partial charge in [0.1, 0.15) is 5.75 Å². The van der Waals surface area contributed by atoms with E-state index < -0.39 is 0 Å². The second-order valence-electron chi connectivity index (χ2n) is 10.8. The number of carbonyl (C=O) groups excluding carboxylic acids is 1. The molecule has 1 saturated carbocycles. The molecule has 214 valence electrons. The Balaban J connectivity index is 1.30. The van der Waals surface area contributed by atoms with Crippen molar-refractivity contribution in [1.82, 2.24) is 24.6 Å². The summed E-state index contributed by atoms with van der Waals surface area (Å²) in [6.45, 7) is 1.07. The standard InChI is InChI=1S/C34H34ClN5O2/c1-42-31-15-14-27(22-30(31)35)33-37-34(25-16-18-36-19-17-25)40(38-33)21-20-39(28-11-3-2-4-12-28)32(41)23-26-10-7-9-24-8-5-6-13-29(24)26/h5-10,13-19,22,28H,2-4,11-12,20-21,23H2,1H3. The number of aromatic nitrogens is 4. The topological polar surface area (TPSA) is 73.1 Å². The number of halogens is 1. The van der Waals surface area contributed by atoms with Gasteiger partial charge >= 0.3 is 0 Å². The van der Waals surface area contributed by atoms with E-state index in [4.69, 9.17) is 26.4 Å². The van der Waals surface area contributed by atoms with Crippen molar-refractivity contribution >= 4 is 28.3 Å². The highest BCUT2D eigenvalue weighted by molar-refractivity contribution is 6.32. The molecule has 5 aromatic rings. The van der Waals surface area contributed by atoms with Crippen molar-refractivity contribution in [2.75, 3.05) is 13.7 Å². The number of nitrogens with zero attached hydrogens (tertiary/aromatic N) is 5. The highest BCUT2D eigenvalue weighted by Gasteiger charge is 2.26. The fourth-order valence-electron chi connectivity index (χ4n) is 5.96. The summed E-state index contributed by atoms with van der Waals surface area (Å²) in [6, 6.07) is 24.1. The Morgan fingerprint density at radius 2 is 1.76 bits per heavy atom. The van der Waals surface area contributed by atoms with E-state index in [1.807, 2.05) is 53.2 Å². The van der Waals surface area contributed by atoms with E-state index in [-0.39, 0.29) is 11.9 Å². The molecule has 0 radical (unpaired) electrons. The molecule has 0 unspecified atom stereocenters. The van der Waals surface area contributed by atoms with Crippen LogP contribution in [-0.4, -0.2) is 50.3 Å². The van der Waals surface area contributed by atoms with Gasteiger partial charge in [-0.1, -0.05) is 73.3 Å². The largest absolute Gasteiger partial charge is 0.495 e. The van der Waals surface area contributed by atoms with Crippen LogP contribution >= 0.6 is 11.6 Å². The Hall–Kier alpha value is -4.23. The van der Waals surface area contributed by atoms with Crippen LogP contribution in [0.25, 0.3) is 33.5 Å². The van der Waals surface area contributed by atoms with Gasteiger partial charge in [-0.2, -0.15) is 5.10 Å². The third-order valence-corrected chi connectivity index (χ3v) is 8.43. The maximum atomic E-state index is 14.0. The molecule has 0 saturated heterocycles. The number of rotatable bonds is 9. The fraction of sp³-hybridized carbons (Fsp3) is 0.294. The van der Waals surface area contributed by atoms with E-state index in [9.17, 15) is 4.79 Å². The Bertz CT molecular complexity index is 1680. The molecule has 0 spiro atoms. The summed E-state index contributed by atoms with van der Waals surface area (Å²) in [4.78, 5) is 25.2. The quantitative estimate of drug-likeness (QED) is 0.184. The number of pyridine rings is 1. The molecule has 0 N–H and O–H groups in total. The van der Waals surface area contributed by atoms with Crippen molar-refractivity contribution in [2.45, 2.75) is 51.1 Å². The van der Waals surface area contributed by atoms with Gasteiger partial charge in [-0.3, -0.25) is 9.78 Å². The average molecular weight is 580 g/mol. The molecule has 7 nitrogen and oxygen atoms in total. The van der Waals surface area contributed by atoms with Crippen LogP contribution in [0.5, 0.6) is 5.75 Å². The maximum Gasteiger partial charge on any atom is 0.227 e. The van der Waals surface area contributed by atoms with Crippen LogP contribution in [0.3, 0.4) is 0 Å². The van der Waals surface area contributed by atoms with Crippen molar-refractivity contribution in [3.05, 3.63) is 95.8 Å². The molecule has 1 aliphatic carbocycles. The van der Waals surface area contributed by atoms with Gasteiger partial charge in [-0.05, 0) is 59.5 Å². The Labute approximate surface area is 251 Å². The van der Waals surface area contributed by atoms with E-state index >= 15 is 0 Å². The first kappa shape index (κ1) is 27.9. The lowest BCUT2D eigenvalue weighted by atomic mass is 9.93. The molecule has 1 fully saturated rings. The van der Waals surface area contributed by atoms with Crippen LogP contribution < -0.4 is 4.74 Å². The zero-order chi connectivity index (χ0) is 28.9. The first-order valence-electron chi connectivity index (χ1n) is 14.6. The lowest BCUT2D eigenvalue weighted by molar-refractivity contribution is -0.133. The highest BCUT2D eigenvalue weighted by atomic mass is 35.5. The second-order valence-corrected chi connectivity index (χ2v) is 11.2. The lowest BCUT2D eigenvalue weighted by Gasteiger charge is -2.34. The van der Waals surface area contributed by atoms with Gasteiger partial charge < -0.3 is 9.64 Å². The van der Waals surface area contributed by atoms with E-state index in [2.05, 4.69) is 34.1 Å². The van der Waals surface area contributed by atoms with Crippen LogP contribution in [0.15, 0.2) is 85.2 Å². The smallest absolute Gasteiger partial charge is 0.227 e. The Morgan fingerprint density at radius 1 is 0.976 bits per heavy atom. The SMILES string of the molecule is COc1ccc(-c2nc(-c3ccncc3)n(CCN(C(=O)Cc3cccc4ccccc34)C3CCCCC3)n2)cc1Cl. The molecule has 6 rings (SSSR count). The van der Waals surface area contributed by atoms with Crippen LogP contribution in [0.4, 0.5) is 0 Å². The van der Waals surface area contributed by atoms with Crippen molar-refractivity contribution in [2.24, 2.45) is 0 Å². The number of ether oxygens (including phenoxy) is 1. The summed E-state index contributed by atoms with van der Waals surface area (Å²) < 4.78 is 7.23. The van der Waals surface area contributed by atoms with E-state index in [0.29, 0.717) is 36.1 Å². The van der Waals surface area contributed by atoms with Crippen molar-refractivity contribution < 1.29 is 9.53 Å². The van der Waals surface area contributed by atoms with E-state index in [0.717, 1.165) is 59.0 Å². The number of hydrogen-bond acceptors (Lipinski definition) is 5. The van der Waals surface area contributed by atoms with E-state index in [1.165, 1.54) is 6.42 Å². The molecule has 0 bridgehead atoms. The first-order valence-corrected chi connectivity index (χ1v) is 14.9. The Kier molecular flexibility index (Phi) is 8.47. The molecule has 2 aromatic heterocycles. The fourth-order valence-corrected chi connectivity index (χ4v) is 6.22. The summed E-state index contributed by atoms with van der Waals surface area (Å²) in [5.74, 6) is 2.05. The minimum atomic E-state index is 0.158. The minimum Gasteiger partial charge on any atom is -0.495 e. The zero-order valence-electron chi connectivity index (χ0n) is 23.7. The van der Waals surface area contributed by atoms with Crippen LogP contribution in [0.1, 0.15) is 37.7 Å². The number of fused-ring (bicyclic) bond motifs is 1. The Morgan fingerprint density at radius 3 is 2.55 bits per heavy atom. The van der Waals surface area contributed by atoms with Gasteiger partial charge in [0, 0.05) is 36.1 Å². The predicted molar refractivity (Wildman–Crippen MR) is 166 cm³/mol. The van der Waals surface area contributed by atoms with Gasteiger partial charge in [0.15, 0.2) is 11.6 Å². The van der Waals surface area contributed by atoms with Gasteiger partial charge in [0.2, 0.25) is 5.91 Å². The van der Waals surface area contributed by atoms with Gasteiger partial charge in [-0.15, -0.1) is 0 Å². The molecular weight excluding hydrogens is 546 g/mol. The molecule has 0 atom stereocenters. The summed E-state index contributed by atoms with van der Waals surface area (Å²) in [7, 11) is 1.59. The predicted octanol–water partition coefficient (Wildman–Crippen LogP) is 7.23. The molecular formula is C34H34ClN5O2. The van der Waals surface area contributed by atoms with Crippen LogP contribution in [0, 0.1) is 0 Å². The number of benzene rings is 3. The summed E-state index contributed by atoms with van der Waals surface area (Å²) in [5, 5.41) is 7.69. The third kappa shape index (κ3) is 6.02. The van der Waals surface area contributed by atoms with E-state index in [1.54, 1.807) is 19.5 Å². The molecule has 1 aliphatic rings. The molecule has 1 amide bonds. The highest BCUT2D eigenvalue weighted by Crippen LogP contribution is 2.31. The lowest BCUT2D eigenvalue weighted by Crippen LogP contribution is -2.44. The number of carbonyl (C=O) groups is 1. The maximum absolute atomic E-state index is 14.0. The summed E-state index contributed by atoms with van der Waals surface area (Å²) in [6.07, 6.45) is 9.47. The molecule has 3 aromatic carbocycles. The molecule has 2 heterocycles. The zero-order valence-corrected chi connectivity index (χ0v) is 24.5. The van der Waals surface area contributed by atoms with Crippen LogP contribution in [-0.2, 0) is 17.8 Å². The van der Waals surface area contributed by atoms with Crippen molar-refractivity contribution in [3.8, 4) is 28.5 Å². The molecule has 0 aliphatic heterocycles. The third-order valence-electron chi connectivity index (χ3n) is 8.13. The number of methoxy groups -OCH3 is 1. The second kappa shape index (κ2) is 12.7. The van der Waals surface area contributed by atoms with Crippen LogP contribution in [0.2, 0.25) is 5.02 Å². The summed E-state index contributed by atoms with van der Waals surface area (Å²) >= 11 is 6.43. The van der Waals surface area contributed by atoms with Crippen molar-refractivity contribution in [3.63, 3.8) is 0 Å².